The van der Waals surface area contributed by atoms with E-state index in [1.54, 1.807) is 0 Å². The maximum absolute atomic E-state index is 14.4. The number of hydrogen-bond acceptors (Lipinski definition) is 15. The summed E-state index contributed by atoms with van der Waals surface area (Å²) in [5.41, 5.74) is 2.21. The zero-order chi connectivity index (χ0) is 35.2. The Balaban J connectivity index is 1.45. The van der Waals surface area contributed by atoms with Gasteiger partial charge < -0.3 is 29.9 Å². The Labute approximate surface area is 281 Å². The number of carbonyl (C=O) groups is 1. The van der Waals surface area contributed by atoms with Gasteiger partial charge in [0, 0.05) is 12.1 Å². The van der Waals surface area contributed by atoms with Crippen LogP contribution in [0.3, 0.4) is 0 Å². The fourth-order valence-electron chi connectivity index (χ4n) is 5.34. The second kappa shape index (κ2) is 13.3. The number of nitrogen functional groups attached to an aromatic ring is 1. The van der Waals surface area contributed by atoms with E-state index in [1.165, 1.54) is 63.0 Å². The molecule has 3 heterocycles. The van der Waals surface area contributed by atoms with Gasteiger partial charge in [-0.2, -0.15) is 15.1 Å². The van der Waals surface area contributed by atoms with Gasteiger partial charge in [-0.25, -0.2) is 18.0 Å². The maximum Gasteiger partial charge on any atom is 0.462 e. The first-order valence-corrected chi connectivity index (χ1v) is 18.6. The van der Waals surface area contributed by atoms with E-state index in [4.69, 9.17) is 35.9 Å². The van der Waals surface area contributed by atoms with E-state index in [0.717, 1.165) is 24.1 Å². The van der Waals surface area contributed by atoms with E-state index in [0.29, 0.717) is 17.9 Å². The number of aliphatic hydroxyl groups is 2. The number of carbonyl (C=O) groups excluding carboxylic acids is 1. The van der Waals surface area contributed by atoms with Gasteiger partial charge in [0.2, 0.25) is 22.3 Å². The number of rotatable bonds is 12. The highest BCUT2D eigenvalue weighted by Gasteiger charge is 2.57. The van der Waals surface area contributed by atoms with Crippen LogP contribution in [0, 0.1) is 0 Å². The third-order valence-corrected chi connectivity index (χ3v) is 10.3. The summed E-state index contributed by atoms with van der Waals surface area (Å²) >= 11 is 6.00. The Kier molecular flexibility index (Phi) is 10.0. The zero-order valence-corrected chi connectivity index (χ0v) is 29.2. The van der Waals surface area contributed by atoms with Crippen LogP contribution in [0.4, 0.5) is 11.8 Å². The number of sulfonamides is 1. The molecule has 0 radical (unpaired) electrons. The molecule has 1 aliphatic carbocycles. The molecule has 48 heavy (non-hydrogen) atoms. The molecular formula is C27H38ClN8O10PS. The molecule has 1 saturated heterocycles. The number of fused-ring (bicyclic) bond motifs is 1. The summed E-state index contributed by atoms with van der Waals surface area (Å²) in [5.74, 6) is -0.962. The molecule has 0 amide bonds. The minimum atomic E-state index is -4.65. The third-order valence-electron chi connectivity index (χ3n) is 7.70. The maximum atomic E-state index is 14.4. The zero-order valence-electron chi connectivity index (χ0n) is 26.7. The Morgan fingerprint density at radius 3 is 2.52 bits per heavy atom. The summed E-state index contributed by atoms with van der Waals surface area (Å²) < 4.78 is 62.4. The van der Waals surface area contributed by atoms with Crippen molar-refractivity contribution in [1.29, 1.82) is 0 Å². The number of aliphatic hydroxyl groups excluding tert-OH is 1. The molecule has 21 heteroatoms. The van der Waals surface area contributed by atoms with E-state index in [9.17, 15) is 28.0 Å². The summed E-state index contributed by atoms with van der Waals surface area (Å²) in [7, 11) is -7.00. The van der Waals surface area contributed by atoms with Gasteiger partial charge in [0.15, 0.2) is 23.2 Å². The predicted octanol–water partition coefficient (Wildman–Crippen LogP) is 1.99. The molecule has 5 rings (SSSR count). The first-order valence-electron chi connectivity index (χ1n) is 14.8. The third kappa shape index (κ3) is 7.85. The van der Waals surface area contributed by atoms with Crippen LogP contribution in [0.5, 0.6) is 5.75 Å². The molecule has 264 valence electrons. The van der Waals surface area contributed by atoms with Crippen molar-refractivity contribution < 1.29 is 46.5 Å². The Bertz CT molecular complexity index is 1820. The number of benzene rings is 1. The van der Waals surface area contributed by atoms with Gasteiger partial charge in [-0.1, -0.05) is 11.6 Å². The van der Waals surface area contributed by atoms with Crippen molar-refractivity contribution in [2.75, 3.05) is 24.0 Å². The number of aromatic nitrogens is 4. The monoisotopic (exact) mass is 732 g/mol. The molecule has 2 aliphatic rings. The molecule has 2 aromatic heterocycles. The number of nitrogens with zero attached hydrogens (tertiary/aromatic N) is 5. The fraction of sp³-hybridized carbons (Fsp3) is 0.556. The lowest BCUT2D eigenvalue weighted by atomic mass is 9.99. The average Bonchev–Trinajstić information content (AvgIpc) is 3.68. The summed E-state index contributed by atoms with van der Waals surface area (Å²) in [5, 5.41) is 26.8. The van der Waals surface area contributed by atoms with Crippen LogP contribution in [-0.2, 0) is 33.4 Å². The SMILES string of the molecule is CN(NS(C)(=O)=O)c1nc(N)nc2c1ncn2[C@@H]1OC(OP(=O)(NC(C)(C)C(=O)OC2CCCC2)Oc2ccc(Cl)cc2)C(O)[C@@]1(C)O. The minimum absolute atomic E-state index is 0.00714. The van der Waals surface area contributed by atoms with Crippen molar-refractivity contribution in [1.82, 2.24) is 29.4 Å². The van der Waals surface area contributed by atoms with Crippen molar-refractivity contribution in [3.63, 3.8) is 0 Å². The molecule has 2 fully saturated rings. The minimum Gasteiger partial charge on any atom is -0.461 e. The van der Waals surface area contributed by atoms with Gasteiger partial charge in [-0.3, -0.25) is 18.9 Å². The molecular weight excluding hydrogens is 695 g/mol. The summed E-state index contributed by atoms with van der Waals surface area (Å²) in [6.07, 6.45) is -0.0269. The number of hydrogen-bond donors (Lipinski definition) is 5. The fourth-order valence-corrected chi connectivity index (χ4v) is 7.81. The van der Waals surface area contributed by atoms with Crippen LogP contribution < -0.4 is 25.2 Å². The number of halogens is 1. The molecule has 0 spiro atoms. The number of nitrogens with two attached hydrogens (primary N) is 1. The van der Waals surface area contributed by atoms with Crippen LogP contribution in [0.15, 0.2) is 30.6 Å². The largest absolute Gasteiger partial charge is 0.462 e. The highest BCUT2D eigenvalue weighted by molar-refractivity contribution is 7.88. The molecule has 5 atom stereocenters. The van der Waals surface area contributed by atoms with Crippen LogP contribution in [0.2, 0.25) is 5.02 Å². The van der Waals surface area contributed by atoms with Gasteiger partial charge in [-0.15, -0.1) is 4.83 Å². The Morgan fingerprint density at radius 1 is 1.25 bits per heavy atom. The van der Waals surface area contributed by atoms with E-state index < -0.39 is 53.5 Å². The van der Waals surface area contributed by atoms with E-state index in [-0.39, 0.29) is 34.8 Å². The van der Waals surface area contributed by atoms with Gasteiger partial charge in [-0.05, 0) is 70.7 Å². The number of imidazole rings is 1. The summed E-state index contributed by atoms with van der Waals surface area (Å²) in [6.45, 7) is 4.11. The van der Waals surface area contributed by atoms with Gasteiger partial charge >= 0.3 is 13.7 Å². The van der Waals surface area contributed by atoms with Crippen molar-refractivity contribution in [2.24, 2.45) is 0 Å². The number of hydrazine groups is 1. The highest BCUT2D eigenvalue weighted by atomic mass is 35.5. The Hall–Kier alpha value is -3.13. The lowest BCUT2D eigenvalue weighted by molar-refractivity contribution is -0.155. The number of anilines is 2. The van der Waals surface area contributed by atoms with Crippen LogP contribution in [-0.4, -0.2) is 87.1 Å². The lowest BCUT2D eigenvalue weighted by Gasteiger charge is -2.31. The topological polar surface area (TPSA) is 243 Å². The standard InChI is InChI=1S/C27H38ClN8O10PS/c1-26(2,24(38)43-16-8-6-7-9-16)33-47(40,45-17-12-10-15(28)11-13-17)46-22-19(37)27(3,39)23(44-22)36-14-30-18-20(31-25(29)32-21(18)36)35(4)34-48(5,41)42/h10-14,16,19,22-23,34,37,39H,6-9H2,1-5H3,(H,33,40)(H2,29,31,32)/t19?,22?,23-,27-,47?/m1/s1. The van der Waals surface area contributed by atoms with Gasteiger partial charge in [0.05, 0.1) is 12.6 Å². The van der Waals surface area contributed by atoms with E-state index >= 15 is 0 Å². The van der Waals surface area contributed by atoms with Gasteiger partial charge in [0.25, 0.3) is 0 Å². The lowest BCUT2D eigenvalue weighted by Crippen LogP contribution is -2.49. The normalized spacial score (nSPS) is 24.9. The number of nitrogens with one attached hydrogen (secondary N) is 2. The molecule has 0 bridgehead atoms. The molecule has 18 nitrogen and oxygen atoms in total. The molecule has 3 aromatic rings. The van der Waals surface area contributed by atoms with E-state index in [1.807, 2.05) is 0 Å². The molecule has 6 N–H and O–H groups in total. The highest BCUT2D eigenvalue weighted by Crippen LogP contribution is 2.52. The van der Waals surface area contributed by atoms with E-state index in [2.05, 4.69) is 24.9 Å². The predicted molar refractivity (Wildman–Crippen MR) is 173 cm³/mol. The average molecular weight is 733 g/mol. The molecule has 1 saturated carbocycles. The smallest absolute Gasteiger partial charge is 0.461 e. The second-order valence-electron chi connectivity index (χ2n) is 12.4. The number of ether oxygens (including phenoxy) is 2. The number of esters is 1. The second-order valence-corrected chi connectivity index (χ2v) is 16.2. The molecule has 3 unspecified atom stereocenters. The van der Waals surface area contributed by atoms with Gasteiger partial charge in [0.1, 0.15) is 29.1 Å². The van der Waals surface area contributed by atoms with Crippen molar-refractivity contribution >= 4 is 58.3 Å². The van der Waals surface area contributed by atoms with Crippen LogP contribution in [0.1, 0.15) is 52.7 Å². The molecule has 1 aliphatic heterocycles. The van der Waals surface area contributed by atoms with Crippen LogP contribution in [0.25, 0.3) is 11.2 Å². The van der Waals surface area contributed by atoms with Crippen molar-refractivity contribution in [3.8, 4) is 5.75 Å². The molecule has 1 aromatic carbocycles. The van der Waals surface area contributed by atoms with Crippen LogP contribution >= 0.6 is 19.3 Å². The Morgan fingerprint density at radius 2 is 1.90 bits per heavy atom. The summed E-state index contributed by atoms with van der Waals surface area (Å²) in [6, 6.07) is 5.81. The van der Waals surface area contributed by atoms with Crippen molar-refractivity contribution in [3.05, 3.63) is 35.6 Å². The first kappa shape index (κ1) is 36.2. The first-order chi connectivity index (χ1) is 22.3. The quantitative estimate of drug-likeness (QED) is 0.102. The summed E-state index contributed by atoms with van der Waals surface area (Å²) in [4.78, 5) is 27.9. The van der Waals surface area contributed by atoms with Crippen molar-refractivity contribution in [2.45, 2.75) is 82.3 Å².